The monoisotopic (exact) mass is 503 g/mol. The minimum Gasteiger partial charge on any atom is -0.495 e. The first kappa shape index (κ1) is 23.5. The number of aromatic nitrogens is 2. The van der Waals surface area contributed by atoms with Crippen molar-refractivity contribution in [1.82, 2.24) is 10.1 Å². The van der Waals surface area contributed by atoms with Crippen LogP contribution in [0.15, 0.2) is 88.7 Å². The smallest absolute Gasteiger partial charge is 0.270 e. The Balaban J connectivity index is 1.70. The molecule has 0 unspecified atom stereocenters. The van der Waals surface area contributed by atoms with Crippen molar-refractivity contribution in [2.24, 2.45) is 0 Å². The van der Waals surface area contributed by atoms with Gasteiger partial charge in [-0.2, -0.15) is 0 Å². The zero-order valence-corrected chi connectivity index (χ0v) is 20.6. The molecule has 0 aliphatic carbocycles. The Hall–Kier alpha value is -4.24. The highest BCUT2D eigenvalue weighted by molar-refractivity contribution is 7.93. The number of nitrogens with zero attached hydrogens (tertiary/aromatic N) is 3. The Morgan fingerprint density at radius 3 is 2.50 bits per heavy atom. The predicted molar refractivity (Wildman–Crippen MR) is 135 cm³/mol. The summed E-state index contributed by atoms with van der Waals surface area (Å²) in [5.74, 6) is 0.0801. The van der Waals surface area contributed by atoms with Crippen molar-refractivity contribution >= 4 is 32.3 Å². The van der Waals surface area contributed by atoms with E-state index >= 15 is 0 Å². The third kappa shape index (κ3) is 4.07. The van der Waals surface area contributed by atoms with E-state index in [4.69, 9.17) is 9.26 Å². The van der Waals surface area contributed by atoms with Gasteiger partial charge in [-0.1, -0.05) is 17.3 Å². The van der Waals surface area contributed by atoms with E-state index in [-0.39, 0.29) is 22.2 Å². The van der Waals surface area contributed by atoms with Crippen LogP contribution in [-0.4, -0.2) is 25.7 Å². The van der Waals surface area contributed by atoms with Crippen molar-refractivity contribution in [2.75, 3.05) is 11.4 Å². The third-order valence-corrected chi connectivity index (χ3v) is 7.71. The molecule has 5 aromatic rings. The number of methoxy groups -OCH3 is 1. The maximum Gasteiger partial charge on any atom is 0.270 e. The van der Waals surface area contributed by atoms with Gasteiger partial charge in [-0.3, -0.25) is 4.98 Å². The molecule has 0 amide bonds. The first-order valence-electron chi connectivity index (χ1n) is 11.0. The molecule has 0 saturated carbocycles. The molecule has 182 valence electrons. The Bertz CT molecular complexity index is 1690. The molecule has 0 N–H and O–H groups in total. The van der Waals surface area contributed by atoms with Gasteiger partial charge in [-0.15, -0.1) is 0 Å². The van der Waals surface area contributed by atoms with Crippen LogP contribution in [0.25, 0.3) is 21.9 Å². The van der Waals surface area contributed by atoms with Gasteiger partial charge >= 0.3 is 0 Å². The molecule has 0 aliphatic heterocycles. The molecule has 0 atom stereocenters. The molecule has 9 heteroatoms. The minimum atomic E-state index is -4.15. The summed E-state index contributed by atoms with van der Waals surface area (Å²) in [5.41, 5.74) is 3.12. The molecule has 0 fully saturated rings. The maximum absolute atomic E-state index is 14.0. The lowest BCUT2D eigenvalue weighted by Crippen LogP contribution is -2.27. The van der Waals surface area contributed by atoms with E-state index < -0.39 is 10.0 Å². The zero-order valence-electron chi connectivity index (χ0n) is 19.8. The number of pyridine rings is 1. The fourth-order valence-corrected chi connectivity index (χ4v) is 5.60. The van der Waals surface area contributed by atoms with Crippen molar-refractivity contribution in [1.29, 1.82) is 0 Å². The highest BCUT2D eigenvalue weighted by Crippen LogP contribution is 2.42. The third-order valence-electron chi connectivity index (χ3n) is 6.00. The molecular weight excluding hydrogens is 481 g/mol. The van der Waals surface area contributed by atoms with Gasteiger partial charge < -0.3 is 9.26 Å². The summed E-state index contributed by atoms with van der Waals surface area (Å²) in [4.78, 5) is 4.16. The van der Waals surface area contributed by atoms with Gasteiger partial charge in [0.25, 0.3) is 10.0 Å². The summed E-state index contributed by atoms with van der Waals surface area (Å²) in [6.45, 7) is 3.55. The lowest BCUT2D eigenvalue weighted by atomic mass is 9.98. The van der Waals surface area contributed by atoms with Crippen molar-refractivity contribution in [2.45, 2.75) is 18.7 Å². The molecular formula is C27H22FN3O4S. The van der Waals surface area contributed by atoms with E-state index in [1.54, 1.807) is 61.8 Å². The summed E-state index contributed by atoms with van der Waals surface area (Å²) in [6.07, 6.45) is 4.58. The van der Waals surface area contributed by atoms with E-state index in [1.807, 2.05) is 6.92 Å². The van der Waals surface area contributed by atoms with Gasteiger partial charge in [0.15, 0.2) is 5.82 Å². The number of sulfonamides is 1. The maximum atomic E-state index is 14.0. The van der Waals surface area contributed by atoms with Crippen LogP contribution in [0.4, 0.5) is 15.9 Å². The highest BCUT2D eigenvalue weighted by Gasteiger charge is 2.32. The van der Waals surface area contributed by atoms with Crippen molar-refractivity contribution in [3.05, 3.63) is 96.3 Å². The normalized spacial score (nSPS) is 11.6. The molecule has 0 aliphatic rings. The summed E-state index contributed by atoms with van der Waals surface area (Å²) in [6, 6.07) is 16.3. The quantitative estimate of drug-likeness (QED) is 0.275. The summed E-state index contributed by atoms with van der Waals surface area (Å²) in [7, 11) is -2.68. The fraction of sp³-hybridized carbons (Fsp3) is 0.111. The second-order valence-electron chi connectivity index (χ2n) is 8.31. The predicted octanol–water partition coefficient (Wildman–Crippen LogP) is 6.18. The lowest BCUT2D eigenvalue weighted by Gasteiger charge is -2.25. The number of aryl methyl sites for hydroxylation is 2. The van der Waals surface area contributed by atoms with Crippen LogP contribution in [-0.2, 0) is 10.0 Å². The van der Waals surface area contributed by atoms with E-state index in [0.717, 1.165) is 31.8 Å². The van der Waals surface area contributed by atoms with Crippen LogP contribution < -0.4 is 9.04 Å². The molecule has 5 rings (SSSR count). The van der Waals surface area contributed by atoms with Crippen molar-refractivity contribution < 1.29 is 22.1 Å². The standard InChI is InChI=1S/C27H22FN3O4S/c1-17-13-25(26(34-3)15-23(17)20-5-7-24(28)18(2)12-20)31(27-9-11-35-30-27)36(32,33)22-6-4-21-16-29-10-8-19(21)14-22/h4-16H,1-3H3. The second kappa shape index (κ2) is 9.09. The zero-order chi connectivity index (χ0) is 25.4. The minimum absolute atomic E-state index is 0.0714. The molecule has 7 nitrogen and oxygen atoms in total. The van der Waals surface area contributed by atoms with Gasteiger partial charge in [-0.25, -0.2) is 17.1 Å². The highest BCUT2D eigenvalue weighted by atomic mass is 32.2. The van der Waals surface area contributed by atoms with Gasteiger partial charge in [0.2, 0.25) is 0 Å². The Morgan fingerprint density at radius 2 is 1.78 bits per heavy atom. The number of rotatable bonds is 6. The molecule has 0 bridgehead atoms. The largest absolute Gasteiger partial charge is 0.495 e. The van der Waals surface area contributed by atoms with Gasteiger partial charge in [-0.05, 0) is 84.0 Å². The molecule has 2 aromatic heterocycles. The SMILES string of the molecule is COc1cc(-c2ccc(F)c(C)c2)c(C)cc1N(c1ccon1)S(=O)(=O)c1ccc2cnccc2c1. The number of hydrogen-bond donors (Lipinski definition) is 0. The number of ether oxygens (including phenoxy) is 1. The molecule has 0 spiro atoms. The second-order valence-corrected chi connectivity index (χ2v) is 10.1. The summed E-state index contributed by atoms with van der Waals surface area (Å²) in [5, 5.41) is 5.47. The number of benzene rings is 3. The first-order valence-corrected chi connectivity index (χ1v) is 12.5. The van der Waals surface area contributed by atoms with Crippen LogP contribution in [0.3, 0.4) is 0 Å². The molecule has 0 radical (unpaired) electrons. The number of halogens is 1. The molecule has 0 saturated heterocycles. The van der Waals surface area contributed by atoms with E-state index in [0.29, 0.717) is 11.3 Å². The van der Waals surface area contributed by atoms with Crippen molar-refractivity contribution in [3.63, 3.8) is 0 Å². The average Bonchev–Trinajstić information content (AvgIpc) is 3.40. The van der Waals surface area contributed by atoms with Crippen LogP contribution >= 0.6 is 0 Å². The Labute approximate surface area is 207 Å². The van der Waals surface area contributed by atoms with Crippen LogP contribution in [0, 0.1) is 19.7 Å². The van der Waals surface area contributed by atoms with E-state index in [9.17, 15) is 12.8 Å². The van der Waals surface area contributed by atoms with Gasteiger partial charge in [0.1, 0.15) is 23.5 Å². The number of fused-ring (bicyclic) bond motifs is 1. The molecule has 36 heavy (non-hydrogen) atoms. The fourth-order valence-electron chi connectivity index (χ4n) is 4.13. The number of anilines is 2. The van der Waals surface area contributed by atoms with E-state index in [2.05, 4.69) is 10.1 Å². The Kier molecular flexibility index (Phi) is 5.93. The first-order chi connectivity index (χ1) is 17.3. The molecule has 2 heterocycles. The lowest BCUT2D eigenvalue weighted by molar-refractivity contribution is 0.414. The Morgan fingerprint density at radius 1 is 0.944 bits per heavy atom. The molecule has 3 aromatic carbocycles. The van der Waals surface area contributed by atoms with Crippen LogP contribution in [0.2, 0.25) is 0 Å². The topological polar surface area (TPSA) is 85.5 Å². The van der Waals surface area contributed by atoms with Crippen LogP contribution in [0.1, 0.15) is 11.1 Å². The summed E-state index contributed by atoms with van der Waals surface area (Å²) < 4.78 is 53.7. The van der Waals surface area contributed by atoms with Gasteiger partial charge in [0.05, 0.1) is 12.0 Å². The van der Waals surface area contributed by atoms with E-state index in [1.165, 1.54) is 31.6 Å². The van der Waals surface area contributed by atoms with Crippen molar-refractivity contribution in [3.8, 4) is 16.9 Å². The average molecular weight is 504 g/mol. The van der Waals surface area contributed by atoms with Gasteiger partial charge in [0, 0.05) is 23.8 Å². The summed E-state index contributed by atoms with van der Waals surface area (Å²) >= 11 is 0. The number of hydrogen-bond acceptors (Lipinski definition) is 6. The van der Waals surface area contributed by atoms with Crippen LogP contribution in [0.5, 0.6) is 5.75 Å².